The van der Waals surface area contributed by atoms with Gasteiger partial charge in [0.1, 0.15) is 0 Å². The maximum Gasteiger partial charge on any atom is 0.0490 e. The van der Waals surface area contributed by atoms with Gasteiger partial charge in [0, 0.05) is 47.3 Å². The number of benzene rings is 3. The van der Waals surface area contributed by atoms with Gasteiger partial charge in [-0.05, 0) is 61.9 Å². The van der Waals surface area contributed by atoms with Crippen molar-refractivity contribution in [3.8, 4) is 0 Å². The molecule has 0 spiro atoms. The summed E-state index contributed by atoms with van der Waals surface area (Å²) in [6.45, 7) is 4.29. The largest absolute Gasteiger partial charge is 0.345 e. The summed E-state index contributed by atoms with van der Waals surface area (Å²) in [4.78, 5) is 2.25. The second-order valence-corrected chi connectivity index (χ2v) is 6.68. The van der Waals surface area contributed by atoms with Crippen molar-refractivity contribution in [1.82, 2.24) is 4.57 Å². The van der Waals surface area contributed by atoms with Gasteiger partial charge in [0.25, 0.3) is 0 Å². The first-order valence-corrected chi connectivity index (χ1v) is 8.34. The van der Waals surface area contributed by atoms with Crippen LogP contribution in [0.5, 0.6) is 0 Å². The van der Waals surface area contributed by atoms with Crippen LogP contribution in [0.2, 0.25) is 0 Å². The Balaban J connectivity index is 1.91. The molecular weight excluding hydrogens is 292 g/mol. The van der Waals surface area contributed by atoms with Gasteiger partial charge in [0.15, 0.2) is 0 Å². The van der Waals surface area contributed by atoms with E-state index in [9.17, 15) is 0 Å². The van der Waals surface area contributed by atoms with E-state index >= 15 is 0 Å². The maximum atomic E-state index is 2.30. The van der Waals surface area contributed by atoms with Crippen LogP contribution in [0, 0.1) is 13.8 Å². The van der Waals surface area contributed by atoms with E-state index in [4.69, 9.17) is 0 Å². The second-order valence-electron chi connectivity index (χ2n) is 6.68. The summed E-state index contributed by atoms with van der Waals surface area (Å²) in [6.07, 6.45) is 0. The molecule has 24 heavy (non-hydrogen) atoms. The highest BCUT2D eigenvalue weighted by Crippen LogP contribution is 2.33. The molecule has 0 amide bonds. The molecule has 0 unspecified atom stereocenters. The zero-order valence-corrected chi connectivity index (χ0v) is 14.7. The number of nitrogens with zero attached hydrogens (tertiary/aromatic N) is 2. The molecule has 120 valence electrons. The average molecular weight is 314 g/mol. The lowest BCUT2D eigenvalue weighted by atomic mass is 10.1. The molecular formula is C22H22N2. The van der Waals surface area contributed by atoms with E-state index in [1.165, 1.54) is 44.3 Å². The van der Waals surface area contributed by atoms with Crippen molar-refractivity contribution in [2.75, 3.05) is 11.9 Å². The van der Waals surface area contributed by atoms with E-state index in [0.717, 1.165) is 0 Å². The number of hydrogen-bond donors (Lipinski definition) is 0. The van der Waals surface area contributed by atoms with Crippen molar-refractivity contribution in [1.29, 1.82) is 0 Å². The van der Waals surface area contributed by atoms with E-state index < -0.39 is 0 Å². The summed E-state index contributed by atoms with van der Waals surface area (Å²) in [5.41, 5.74) is 7.56. The van der Waals surface area contributed by atoms with Gasteiger partial charge in [-0.15, -0.1) is 0 Å². The summed E-state index contributed by atoms with van der Waals surface area (Å²) in [6, 6.07) is 22.0. The monoisotopic (exact) mass is 314 g/mol. The Morgan fingerprint density at radius 3 is 2.08 bits per heavy atom. The maximum absolute atomic E-state index is 2.30. The molecule has 3 aromatic carbocycles. The third-order valence-electron chi connectivity index (χ3n) is 4.92. The third kappa shape index (κ3) is 2.26. The van der Waals surface area contributed by atoms with Crippen molar-refractivity contribution >= 4 is 33.2 Å². The molecule has 2 nitrogen and oxygen atoms in total. The van der Waals surface area contributed by atoms with Gasteiger partial charge < -0.3 is 9.47 Å². The fourth-order valence-electron chi connectivity index (χ4n) is 3.51. The van der Waals surface area contributed by atoms with Crippen LogP contribution in [-0.2, 0) is 7.05 Å². The van der Waals surface area contributed by atoms with E-state index in [-0.39, 0.29) is 0 Å². The summed E-state index contributed by atoms with van der Waals surface area (Å²) in [5, 5.41) is 2.64. The Labute approximate surface area is 142 Å². The average Bonchev–Trinajstić information content (AvgIpc) is 2.86. The summed E-state index contributed by atoms with van der Waals surface area (Å²) in [7, 11) is 4.27. The lowest BCUT2D eigenvalue weighted by Gasteiger charge is -2.20. The van der Waals surface area contributed by atoms with Crippen molar-refractivity contribution < 1.29 is 0 Å². The lowest BCUT2D eigenvalue weighted by molar-refractivity contribution is 1.01. The SMILES string of the molecule is Cc1cccc(N(C)c2ccc3c(c2)c2cc(C)ccc2n3C)c1. The van der Waals surface area contributed by atoms with Crippen LogP contribution in [0.3, 0.4) is 0 Å². The summed E-state index contributed by atoms with van der Waals surface area (Å²) < 4.78 is 2.28. The molecule has 1 heterocycles. The van der Waals surface area contributed by atoms with Crippen molar-refractivity contribution in [3.63, 3.8) is 0 Å². The molecule has 0 fully saturated rings. The predicted octanol–water partition coefficient (Wildman–Crippen LogP) is 5.72. The zero-order valence-electron chi connectivity index (χ0n) is 14.7. The van der Waals surface area contributed by atoms with Crippen LogP contribution < -0.4 is 4.90 Å². The van der Waals surface area contributed by atoms with E-state index in [1.807, 2.05) is 0 Å². The lowest BCUT2D eigenvalue weighted by Crippen LogP contribution is -2.09. The molecule has 0 aliphatic carbocycles. The standard InChI is InChI=1S/C22H22N2/c1-15-6-5-7-17(12-15)23(3)18-9-11-22-20(14-18)19-13-16(2)8-10-21(19)24(22)4/h5-14H,1-4H3. The quantitative estimate of drug-likeness (QED) is 0.459. The Morgan fingerprint density at radius 1 is 0.708 bits per heavy atom. The number of rotatable bonds is 2. The van der Waals surface area contributed by atoms with Crippen LogP contribution in [0.25, 0.3) is 21.8 Å². The number of aromatic nitrogens is 1. The molecule has 1 aromatic heterocycles. The van der Waals surface area contributed by atoms with Gasteiger partial charge >= 0.3 is 0 Å². The summed E-state index contributed by atoms with van der Waals surface area (Å²) >= 11 is 0. The Kier molecular flexibility index (Phi) is 3.34. The molecule has 0 bridgehead atoms. The molecule has 4 rings (SSSR count). The van der Waals surface area contributed by atoms with E-state index in [0.29, 0.717) is 0 Å². The molecule has 2 heteroatoms. The van der Waals surface area contributed by atoms with Crippen LogP contribution in [-0.4, -0.2) is 11.6 Å². The van der Waals surface area contributed by atoms with Gasteiger partial charge in [-0.1, -0.05) is 23.8 Å². The minimum absolute atomic E-state index is 1.21. The summed E-state index contributed by atoms with van der Waals surface area (Å²) in [5.74, 6) is 0. The normalized spacial score (nSPS) is 11.3. The van der Waals surface area contributed by atoms with Crippen molar-refractivity contribution in [3.05, 3.63) is 71.8 Å². The number of fused-ring (bicyclic) bond motifs is 3. The molecule has 0 radical (unpaired) electrons. The molecule has 0 aliphatic heterocycles. The van der Waals surface area contributed by atoms with Gasteiger partial charge in [0.2, 0.25) is 0 Å². The number of hydrogen-bond acceptors (Lipinski definition) is 1. The first-order chi connectivity index (χ1) is 11.5. The molecule has 0 saturated heterocycles. The highest BCUT2D eigenvalue weighted by atomic mass is 15.1. The molecule has 0 atom stereocenters. The highest BCUT2D eigenvalue weighted by Gasteiger charge is 2.11. The van der Waals surface area contributed by atoms with Crippen LogP contribution in [0.4, 0.5) is 11.4 Å². The molecule has 4 aromatic rings. The van der Waals surface area contributed by atoms with Crippen LogP contribution in [0.15, 0.2) is 60.7 Å². The van der Waals surface area contributed by atoms with Crippen molar-refractivity contribution in [2.45, 2.75) is 13.8 Å². The van der Waals surface area contributed by atoms with Gasteiger partial charge in [-0.2, -0.15) is 0 Å². The highest BCUT2D eigenvalue weighted by molar-refractivity contribution is 6.09. The topological polar surface area (TPSA) is 8.17 Å². The minimum Gasteiger partial charge on any atom is -0.345 e. The Bertz CT molecular complexity index is 1060. The van der Waals surface area contributed by atoms with E-state index in [2.05, 4.69) is 98.1 Å². The first kappa shape index (κ1) is 14.8. The van der Waals surface area contributed by atoms with Crippen LogP contribution >= 0.6 is 0 Å². The van der Waals surface area contributed by atoms with Gasteiger partial charge in [-0.3, -0.25) is 0 Å². The van der Waals surface area contributed by atoms with Gasteiger partial charge in [0.05, 0.1) is 0 Å². The fourth-order valence-corrected chi connectivity index (χ4v) is 3.51. The van der Waals surface area contributed by atoms with Crippen LogP contribution in [0.1, 0.15) is 11.1 Å². The Morgan fingerprint density at radius 2 is 1.33 bits per heavy atom. The molecule has 0 aliphatic rings. The van der Waals surface area contributed by atoms with E-state index in [1.54, 1.807) is 0 Å². The smallest absolute Gasteiger partial charge is 0.0490 e. The molecule has 0 N–H and O–H groups in total. The number of anilines is 2. The third-order valence-corrected chi connectivity index (χ3v) is 4.92. The zero-order chi connectivity index (χ0) is 16.8. The van der Waals surface area contributed by atoms with Crippen molar-refractivity contribution in [2.24, 2.45) is 7.05 Å². The fraction of sp³-hybridized carbons (Fsp3) is 0.182. The van der Waals surface area contributed by atoms with Gasteiger partial charge in [-0.25, -0.2) is 0 Å². The minimum atomic E-state index is 1.21. The Hall–Kier alpha value is -2.74. The second kappa shape index (κ2) is 5.41. The first-order valence-electron chi connectivity index (χ1n) is 8.34. The predicted molar refractivity (Wildman–Crippen MR) is 104 cm³/mol. The number of aryl methyl sites for hydroxylation is 3. The molecule has 0 saturated carbocycles.